The topological polar surface area (TPSA) is 95.3 Å². The first kappa shape index (κ1) is 29.0. The summed E-state index contributed by atoms with van der Waals surface area (Å²) in [5.74, 6) is -0.812. The first-order chi connectivity index (χ1) is 20.3. The fourth-order valence-corrected chi connectivity index (χ4v) is 6.55. The number of anilines is 2. The first-order valence-electron chi connectivity index (χ1n) is 13.6. The lowest BCUT2D eigenvalue weighted by Crippen LogP contribution is -2.37. The zero-order chi connectivity index (χ0) is 30.0. The number of allylic oxidation sites excluding steroid dienone is 2. The lowest BCUT2D eigenvalue weighted by atomic mass is 10.1. The Balaban J connectivity index is 1.63. The van der Waals surface area contributed by atoms with E-state index in [-0.39, 0.29) is 16.4 Å². The van der Waals surface area contributed by atoms with Crippen LogP contribution in [-0.2, 0) is 16.1 Å². The molecule has 2 aromatic carbocycles. The number of hydrogen-bond acceptors (Lipinski definition) is 7. The number of ether oxygens (including phenoxy) is 1. The Morgan fingerprint density at radius 2 is 1.76 bits per heavy atom. The van der Waals surface area contributed by atoms with Gasteiger partial charge in [0.1, 0.15) is 22.7 Å². The highest BCUT2D eigenvalue weighted by Crippen LogP contribution is 2.33. The second kappa shape index (κ2) is 12.2. The summed E-state index contributed by atoms with van der Waals surface area (Å²) in [6.45, 7) is 6.90. The van der Waals surface area contributed by atoms with Crippen molar-refractivity contribution in [3.8, 4) is 5.75 Å². The molecular formula is C31H30N4O5S2. The molecule has 216 valence electrons. The van der Waals surface area contributed by atoms with E-state index in [9.17, 15) is 19.5 Å². The molecule has 9 nitrogen and oxygen atoms in total. The minimum Gasteiger partial charge on any atom is -0.494 e. The van der Waals surface area contributed by atoms with Crippen LogP contribution >= 0.6 is 23.6 Å². The van der Waals surface area contributed by atoms with Gasteiger partial charge in [0.15, 0.2) is 5.11 Å². The monoisotopic (exact) mass is 602 g/mol. The van der Waals surface area contributed by atoms with Gasteiger partial charge in [-0.3, -0.25) is 28.8 Å². The number of hydrogen-bond donors (Lipinski definition) is 1. The molecule has 0 bridgehead atoms. The van der Waals surface area contributed by atoms with Gasteiger partial charge in [-0.25, -0.2) is 0 Å². The number of para-hydroxylation sites is 1. The SMILES string of the molecule is CCOc1ccc2c(c1)C=C/C(=C/C=c1/s/c(=C3/C(=O)N(c4ccccc4)C(=S)N3CC(=O)O)n(CC)c1=O)N2CC. The third-order valence-electron chi connectivity index (χ3n) is 6.90. The Morgan fingerprint density at radius 3 is 2.43 bits per heavy atom. The van der Waals surface area contributed by atoms with E-state index >= 15 is 0 Å². The van der Waals surface area contributed by atoms with Crippen molar-refractivity contribution >= 4 is 69.8 Å². The molecule has 0 saturated carbocycles. The first-order valence-corrected chi connectivity index (χ1v) is 14.8. The van der Waals surface area contributed by atoms with Crippen molar-refractivity contribution in [3.05, 3.63) is 91.5 Å². The van der Waals surface area contributed by atoms with E-state index in [0.29, 0.717) is 34.6 Å². The largest absolute Gasteiger partial charge is 0.494 e. The molecule has 0 atom stereocenters. The molecular weight excluding hydrogens is 572 g/mol. The van der Waals surface area contributed by atoms with Crippen molar-refractivity contribution in [2.24, 2.45) is 0 Å². The van der Waals surface area contributed by atoms with Gasteiger partial charge in [0.2, 0.25) is 0 Å². The number of fused-ring (bicyclic) bond motifs is 1. The molecule has 1 fully saturated rings. The van der Waals surface area contributed by atoms with Crippen LogP contribution in [0.1, 0.15) is 26.3 Å². The number of thiocarbonyl (C=S) groups is 1. The van der Waals surface area contributed by atoms with Crippen LogP contribution in [0.25, 0.3) is 17.8 Å². The van der Waals surface area contributed by atoms with E-state index < -0.39 is 18.4 Å². The van der Waals surface area contributed by atoms with Crippen LogP contribution in [0.15, 0.2) is 71.2 Å². The molecule has 5 rings (SSSR count). The molecule has 42 heavy (non-hydrogen) atoms. The van der Waals surface area contributed by atoms with Crippen LogP contribution in [0.4, 0.5) is 11.4 Å². The third-order valence-corrected chi connectivity index (χ3v) is 8.44. The molecule has 0 unspecified atom stereocenters. The molecule has 2 aliphatic heterocycles. The lowest BCUT2D eigenvalue weighted by molar-refractivity contribution is -0.136. The summed E-state index contributed by atoms with van der Waals surface area (Å²) in [5.41, 5.74) is 3.31. The van der Waals surface area contributed by atoms with Gasteiger partial charge in [-0.05, 0) is 81.5 Å². The predicted molar refractivity (Wildman–Crippen MR) is 170 cm³/mol. The Labute approximate surface area is 252 Å². The summed E-state index contributed by atoms with van der Waals surface area (Å²) in [6, 6.07) is 14.8. The summed E-state index contributed by atoms with van der Waals surface area (Å²) in [7, 11) is 0. The number of carboxylic acids is 1. The molecule has 0 radical (unpaired) electrons. The Morgan fingerprint density at radius 1 is 1.00 bits per heavy atom. The number of aliphatic carboxylic acids is 1. The zero-order valence-electron chi connectivity index (χ0n) is 23.4. The van der Waals surface area contributed by atoms with Crippen molar-refractivity contribution in [3.63, 3.8) is 0 Å². The molecule has 1 saturated heterocycles. The van der Waals surface area contributed by atoms with Gasteiger partial charge in [0.25, 0.3) is 11.5 Å². The van der Waals surface area contributed by atoms with E-state index in [2.05, 4.69) is 11.8 Å². The maximum absolute atomic E-state index is 13.8. The molecule has 2 aliphatic rings. The van der Waals surface area contributed by atoms with E-state index in [1.807, 2.05) is 56.3 Å². The van der Waals surface area contributed by atoms with Gasteiger partial charge in [0, 0.05) is 30.0 Å². The summed E-state index contributed by atoms with van der Waals surface area (Å²) in [5, 5.41) is 9.69. The Hall–Kier alpha value is -4.48. The number of rotatable bonds is 8. The number of benzene rings is 2. The highest BCUT2D eigenvalue weighted by atomic mass is 32.1. The number of carbonyl (C=O) groups is 2. The quantitative estimate of drug-likeness (QED) is 0.393. The molecule has 3 aromatic rings. The van der Waals surface area contributed by atoms with Gasteiger partial charge in [-0.2, -0.15) is 0 Å². The number of likely N-dealkylation sites (N-methyl/N-ethyl adjacent to an activating group) is 1. The minimum absolute atomic E-state index is 0.0526. The number of thiazole rings is 1. The molecule has 1 aromatic heterocycles. The summed E-state index contributed by atoms with van der Waals surface area (Å²) in [4.78, 5) is 43.8. The summed E-state index contributed by atoms with van der Waals surface area (Å²) in [6.07, 6.45) is 7.64. The van der Waals surface area contributed by atoms with Crippen LogP contribution < -0.4 is 29.3 Å². The van der Waals surface area contributed by atoms with Crippen molar-refractivity contribution in [2.75, 3.05) is 29.5 Å². The van der Waals surface area contributed by atoms with Crippen molar-refractivity contribution < 1.29 is 19.4 Å². The van der Waals surface area contributed by atoms with Crippen molar-refractivity contribution in [2.45, 2.75) is 27.3 Å². The molecule has 3 heterocycles. The van der Waals surface area contributed by atoms with Crippen molar-refractivity contribution in [1.29, 1.82) is 0 Å². The molecule has 1 N–H and O–H groups in total. The lowest BCUT2D eigenvalue weighted by Gasteiger charge is -2.29. The van der Waals surface area contributed by atoms with E-state index in [4.69, 9.17) is 17.0 Å². The molecule has 0 spiro atoms. The van der Waals surface area contributed by atoms with Gasteiger partial charge >= 0.3 is 5.97 Å². The number of nitrogens with zero attached hydrogens (tertiary/aromatic N) is 4. The number of aromatic nitrogens is 1. The van der Waals surface area contributed by atoms with Gasteiger partial charge in [-0.1, -0.05) is 24.3 Å². The fraction of sp³-hybridized carbons (Fsp3) is 0.226. The van der Waals surface area contributed by atoms with E-state index in [1.165, 1.54) is 14.4 Å². The summed E-state index contributed by atoms with van der Waals surface area (Å²) >= 11 is 6.72. The zero-order valence-corrected chi connectivity index (χ0v) is 25.1. The fourth-order valence-electron chi connectivity index (χ4n) is 5.05. The smallest absolute Gasteiger partial charge is 0.323 e. The second-order valence-corrected chi connectivity index (χ2v) is 10.8. The highest BCUT2D eigenvalue weighted by molar-refractivity contribution is 7.80. The standard InChI is InChI=1S/C31H30N4O5S2/c1-4-32-21(13-12-20-18-23(40-6-3)15-16-24(20)32)14-17-25-28(38)33(5-2)30(42-25)27-29(39)35(22-10-8-7-9-11-22)31(41)34(27)19-26(36)37/h7-18H,4-6,19H2,1-3H3,(H,36,37)/b21-14-,25-17+,30-27-. The third kappa shape index (κ3) is 5.28. The van der Waals surface area contributed by atoms with Crippen LogP contribution in [0, 0.1) is 0 Å². The van der Waals surface area contributed by atoms with Gasteiger partial charge in [0.05, 0.1) is 16.8 Å². The maximum Gasteiger partial charge on any atom is 0.323 e. The Kier molecular flexibility index (Phi) is 8.41. The maximum atomic E-state index is 13.8. The minimum atomic E-state index is -1.14. The normalized spacial score (nSPS) is 17.5. The van der Waals surface area contributed by atoms with Gasteiger partial charge in [-0.15, -0.1) is 11.3 Å². The molecule has 11 heteroatoms. The average molecular weight is 603 g/mol. The average Bonchev–Trinajstić information content (AvgIpc) is 3.42. The number of carboxylic acid groups (broad SMARTS) is 1. The highest BCUT2D eigenvalue weighted by Gasteiger charge is 2.41. The molecule has 1 amide bonds. The molecule has 0 aliphatic carbocycles. The number of amides is 1. The van der Waals surface area contributed by atoms with E-state index in [1.54, 1.807) is 30.3 Å². The second-order valence-electron chi connectivity index (χ2n) is 9.40. The van der Waals surface area contributed by atoms with Crippen molar-refractivity contribution in [1.82, 2.24) is 9.47 Å². The van der Waals surface area contributed by atoms with E-state index in [0.717, 1.165) is 34.0 Å². The number of carbonyl (C=O) groups excluding carboxylic acids is 1. The van der Waals surface area contributed by atoms with Gasteiger partial charge < -0.3 is 14.7 Å². The van der Waals surface area contributed by atoms with Crippen LogP contribution in [-0.4, -0.2) is 51.3 Å². The van der Waals surface area contributed by atoms with Crippen LogP contribution in [0.3, 0.4) is 0 Å². The van der Waals surface area contributed by atoms with Crippen LogP contribution in [0.2, 0.25) is 0 Å². The Bertz CT molecular complexity index is 1810. The van der Waals surface area contributed by atoms with Crippen LogP contribution in [0.5, 0.6) is 5.75 Å². The predicted octanol–water partition coefficient (Wildman–Crippen LogP) is 3.37. The summed E-state index contributed by atoms with van der Waals surface area (Å²) < 4.78 is 7.92.